The Hall–Kier alpha value is -2.28. The van der Waals surface area contributed by atoms with Gasteiger partial charge in [-0.05, 0) is 125 Å². The van der Waals surface area contributed by atoms with E-state index in [1.165, 1.54) is 5.56 Å². The third kappa shape index (κ3) is 15.0. The highest BCUT2D eigenvalue weighted by molar-refractivity contribution is 5.88. The first-order valence-corrected chi connectivity index (χ1v) is 15.7. The van der Waals surface area contributed by atoms with Crippen molar-refractivity contribution < 1.29 is 24.2 Å². The average Bonchev–Trinajstić information content (AvgIpc) is 2.81. The first-order valence-electron chi connectivity index (χ1n) is 15.7. The molecule has 0 bridgehead atoms. The summed E-state index contributed by atoms with van der Waals surface area (Å²) >= 11 is 0. The smallest absolute Gasteiger partial charge is 0.419 e. The third-order valence-electron chi connectivity index (χ3n) is 7.09. The van der Waals surface area contributed by atoms with Crippen LogP contribution in [0.1, 0.15) is 138 Å². The molecule has 1 aromatic rings. The number of hydrogen-bond acceptors (Lipinski definition) is 6. The third-order valence-corrected chi connectivity index (χ3v) is 7.09. The van der Waals surface area contributed by atoms with Crippen LogP contribution in [0.25, 0.3) is 0 Å². The number of carbonyl (C=O) groups is 2. The Bertz CT molecular complexity index is 894. The van der Waals surface area contributed by atoms with Gasteiger partial charge in [-0.1, -0.05) is 44.7 Å². The molecule has 0 aliphatic heterocycles. The van der Waals surface area contributed by atoms with Crippen molar-refractivity contribution in [2.24, 2.45) is 0 Å². The highest BCUT2D eigenvalue weighted by Crippen LogP contribution is 2.30. The van der Waals surface area contributed by atoms with Crippen molar-refractivity contribution in [3.05, 3.63) is 29.3 Å². The van der Waals surface area contributed by atoms with Crippen molar-refractivity contribution in [1.29, 1.82) is 0 Å². The van der Waals surface area contributed by atoms with Crippen LogP contribution >= 0.6 is 0 Å². The van der Waals surface area contributed by atoms with E-state index in [1.807, 2.05) is 12.1 Å². The molecule has 2 amide bonds. The van der Waals surface area contributed by atoms with Gasteiger partial charge in [-0.3, -0.25) is 4.90 Å². The summed E-state index contributed by atoms with van der Waals surface area (Å²) in [6, 6.07) is 7.11. The molecule has 1 rings (SSSR count). The summed E-state index contributed by atoms with van der Waals surface area (Å²) < 4.78 is 10.9. The molecule has 236 valence electrons. The predicted molar refractivity (Wildman–Crippen MR) is 169 cm³/mol. The molecular formula is C34H60N2O5. The molecule has 1 N–H and O–H groups in total. The number of hydrogen-bond donors (Lipinski definition) is 1. The molecule has 0 aliphatic rings. The summed E-state index contributed by atoms with van der Waals surface area (Å²) in [6.07, 6.45) is 6.67. The molecule has 0 aromatic heterocycles. The normalized spacial score (nSPS) is 13.1. The number of aryl methyl sites for hydroxylation is 1. The van der Waals surface area contributed by atoms with Gasteiger partial charge in [0, 0.05) is 18.6 Å². The van der Waals surface area contributed by atoms with E-state index >= 15 is 0 Å². The topological polar surface area (TPSA) is 79.3 Å². The zero-order valence-electron chi connectivity index (χ0n) is 28.0. The summed E-state index contributed by atoms with van der Waals surface area (Å²) in [6.45, 7) is 23.2. The Kier molecular flexibility index (Phi) is 15.2. The van der Waals surface area contributed by atoms with Gasteiger partial charge in [0.05, 0.1) is 0 Å². The molecule has 1 atom stereocenters. The van der Waals surface area contributed by atoms with E-state index in [4.69, 9.17) is 9.47 Å². The quantitative estimate of drug-likeness (QED) is 0.210. The zero-order chi connectivity index (χ0) is 31.4. The van der Waals surface area contributed by atoms with Crippen LogP contribution < -0.4 is 0 Å². The number of rotatable bonds is 15. The van der Waals surface area contributed by atoms with Gasteiger partial charge in [0.1, 0.15) is 17.0 Å². The second-order valence-corrected chi connectivity index (χ2v) is 14.0. The molecule has 0 saturated heterocycles. The summed E-state index contributed by atoms with van der Waals surface area (Å²) in [7, 11) is 0. The maximum atomic E-state index is 12.6. The van der Waals surface area contributed by atoms with Gasteiger partial charge in [-0.2, -0.15) is 0 Å². The van der Waals surface area contributed by atoms with E-state index in [9.17, 15) is 14.7 Å². The van der Waals surface area contributed by atoms with Gasteiger partial charge >= 0.3 is 12.2 Å². The fourth-order valence-corrected chi connectivity index (χ4v) is 4.96. The maximum absolute atomic E-state index is 12.6. The molecule has 0 aliphatic carbocycles. The number of nitrogens with zero attached hydrogens (tertiary/aromatic N) is 2. The Morgan fingerprint density at radius 1 is 0.756 bits per heavy atom. The second kappa shape index (κ2) is 17.0. The van der Waals surface area contributed by atoms with Crippen LogP contribution in [-0.4, -0.2) is 63.5 Å². The van der Waals surface area contributed by atoms with E-state index < -0.39 is 23.4 Å². The molecule has 0 heterocycles. The highest BCUT2D eigenvalue weighted by Gasteiger charge is 2.30. The van der Waals surface area contributed by atoms with Crippen LogP contribution in [0.4, 0.5) is 9.59 Å². The zero-order valence-corrected chi connectivity index (χ0v) is 28.0. The van der Waals surface area contributed by atoms with Crippen LogP contribution in [0.5, 0.6) is 5.75 Å². The first-order chi connectivity index (χ1) is 18.9. The lowest BCUT2D eigenvalue weighted by Crippen LogP contribution is -2.44. The maximum Gasteiger partial charge on any atom is 0.419 e. The van der Waals surface area contributed by atoms with Gasteiger partial charge in [-0.25, -0.2) is 14.5 Å². The molecular weight excluding hydrogens is 516 g/mol. The van der Waals surface area contributed by atoms with Crippen LogP contribution in [-0.2, 0) is 15.9 Å². The number of aromatic hydroxyl groups is 1. The molecule has 0 saturated carbocycles. The Labute approximate surface area is 251 Å². The van der Waals surface area contributed by atoms with Crippen LogP contribution in [0, 0.1) is 0 Å². The number of amides is 2. The monoisotopic (exact) mass is 576 g/mol. The first kappa shape index (κ1) is 36.7. The molecule has 1 aromatic carbocycles. The minimum absolute atomic E-state index is 0.282. The van der Waals surface area contributed by atoms with Gasteiger partial charge in [0.25, 0.3) is 0 Å². The summed E-state index contributed by atoms with van der Waals surface area (Å²) in [5.74, 6) is 0.699. The van der Waals surface area contributed by atoms with Crippen LogP contribution in [0.2, 0.25) is 0 Å². The van der Waals surface area contributed by atoms with E-state index in [0.717, 1.165) is 62.0 Å². The Morgan fingerprint density at radius 2 is 1.24 bits per heavy atom. The van der Waals surface area contributed by atoms with E-state index in [0.29, 0.717) is 30.2 Å². The highest BCUT2D eigenvalue weighted by atomic mass is 16.6. The molecule has 7 heteroatoms. The summed E-state index contributed by atoms with van der Waals surface area (Å²) in [5, 5.41) is 10.5. The predicted octanol–water partition coefficient (Wildman–Crippen LogP) is 9.06. The van der Waals surface area contributed by atoms with Crippen molar-refractivity contribution in [2.45, 2.75) is 157 Å². The number of imide groups is 1. The average molecular weight is 577 g/mol. The lowest BCUT2D eigenvalue weighted by Gasteiger charge is -2.31. The number of benzene rings is 1. The number of phenolic OH excluding ortho intramolecular Hbond substituents is 1. The van der Waals surface area contributed by atoms with Gasteiger partial charge < -0.3 is 14.6 Å². The largest absolute Gasteiger partial charge is 0.508 e. The number of carbonyl (C=O) groups excluding carboxylic acids is 2. The standard InChI is InChI=1S/C34H60N2O5/c1-25(2)35(26(3)4)23-21-27(5)29-24-28(19-20-30(29)37)18-16-14-12-13-15-17-22-36(31(38)40-33(6,7)8)32(39)41-34(9,10)11/h19-20,24-27,37H,12-18,21-23H2,1-11H3/t27-/m0/s1. The molecule has 0 unspecified atom stereocenters. The number of phenols is 1. The fraction of sp³-hybridized carbons (Fsp3) is 0.765. The van der Waals surface area contributed by atoms with Crippen molar-refractivity contribution in [3.8, 4) is 5.75 Å². The van der Waals surface area contributed by atoms with Gasteiger partial charge in [0.15, 0.2) is 0 Å². The molecule has 41 heavy (non-hydrogen) atoms. The van der Waals surface area contributed by atoms with E-state index in [1.54, 1.807) is 41.5 Å². The van der Waals surface area contributed by atoms with E-state index in [2.05, 4.69) is 45.6 Å². The molecule has 0 spiro atoms. The van der Waals surface area contributed by atoms with Gasteiger partial charge in [-0.15, -0.1) is 0 Å². The lowest BCUT2D eigenvalue weighted by atomic mass is 9.93. The minimum atomic E-state index is -0.684. The van der Waals surface area contributed by atoms with Gasteiger partial charge in [0.2, 0.25) is 0 Å². The summed E-state index contributed by atoms with van der Waals surface area (Å²) in [4.78, 5) is 28.8. The Morgan fingerprint density at radius 3 is 1.73 bits per heavy atom. The Balaban J connectivity index is 2.49. The number of ether oxygens (including phenoxy) is 2. The summed E-state index contributed by atoms with van der Waals surface area (Å²) in [5.41, 5.74) is 0.960. The van der Waals surface area contributed by atoms with E-state index in [-0.39, 0.29) is 6.54 Å². The van der Waals surface area contributed by atoms with Crippen molar-refractivity contribution in [1.82, 2.24) is 9.80 Å². The molecule has 7 nitrogen and oxygen atoms in total. The van der Waals surface area contributed by atoms with Crippen molar-refractivity contribution in [2.75, 3.05) is 13.1 Å². The SMILES string of the molecule is CC(C)N(CC[C@H](C)c1cc(CCCCCCCCN(C(=O)OC(C)(C)C)C(=O)OC(C)(C)C)ccc1O)C(C)C. The second-order valence-electron chi connectivity index (χ2n) is 14.0. The van der Waals surface area contributed by atoms with Crippen molar-refractivity contribution >= 4 is 12.2 Å². The number of unbranched alkanes of at least 4 members (excludes halogenated alkanes) is 5. The molecule has 0 fully saturated rings. The fourth-order valence-electron chi connectivity index (χ4n) is 4.96. The van der Waals surface area contributed by atoms with Crippen LogP contribution in [0.3, 0.4) is 0 Å². The minimum Gasteiger partial charge on any atom is -0.508 e. The molecule has 0 radical (unpaired) electrons. The van der Waals surface area contributed by atoms with Crippen molar-refractivity contribution in [3.63, 3.8) is 0 Å². The lowest BCUT2D eigenvalue weighted by molar-refractivity contribution is 0.00117. The van der Waals surface area contributed by atoms with Crippen LogP contribution in [0.15, 0.2) is 18.2 Å².